The van der Waals surface area contributed by atoms with E-state index in [2.05, 4.69) is 15.3 Å². The predicted molar refractivity (Wildman–Crippen MR) is 83.5 cm³/mol. The second-order valence-corrected chi connectivity index (χ2v) is 4.90. The van der Waals surface area contributed by atoms with E-state index >= 15 is 0 Å². The normalized spacial score (nSPS) is 10.7. The van der Waals surface area contributed by atoms with Crippen molar-refractivity contribution in [2.24, 2.45) is 0 Å². The van der Waals surface area contributed by atoms with Crippen LogP contribution >= 0.6 is 0 Å². The largest absolute Gasteiger partial charge is 0.490 e. The zero-order valence-electron chi connectivity index (χ0n) is 12.9. The van der Waals surface area contributed by atoms with Crippen LogP contribution in [0, 0.1) is 0 Å². The average molecular weight is 287 g/mol. The van der Waals surface area contributed by atoms with Crippen LogP contribution in [0.15, 0.2) is 30.3 Å². The minimum atomic E-state index is 0.107. The number of rotatable bonds is 6. The lowest BCUT2D eigenvalue weighted by Gasteiger charge is -2.14. The van der Waals surface area contributed by atoms with Gasteiger partial charge in [0.2, 0.25) is 0 Å². The molecule has 0 atom stereocenters. The van der Waals surface area contributed by atoms with Gasteiger partial charge in [-0.3, -0.25) is 0 Å². The lowest BCUT2D eigenvalue weighted by atomic mass is 10.1. The third kappa shape index (κ3) is 3.92. The number of nitrogens with one attached hydrogen (secondary N) is 1. The van der Waals surface area contributed by atoms with Gasteiger partial charge in [0, 0.05) is 25.8 Å². The van der Waals surface area contributed by atoms with Crippen LogP contribution in [0.5, 0.6) is 5.75 Å². The highest BCUT2D eigenvalue weighted by Crippen LogP contribution is 2.30. The molecule has 1 heterocycles. The van der Waals surface area contributed by atoms with E-state index in [9.17, 15) is 0 Å². The maximum atomic E-state index is 5.86. The first-order valence-electron chi connectivity index (χ1n) is 6.94. The molecule has 0 aliphatic heterocycles. The van der Waals surface area contributed by atoms with E-state index in [4.69, 9.17) is 9.47 Å². The van der Waals surface area contributed by atoms with Gasteiger partial charge in [0.25, 0.3) is 0 Å². The summed E-state index contributed by atoms with van der Waals surface area (Å²) in [6.07, 6.45) is 0.107. The molecule has 21 heavy (non-hydrogen) atoms. The molecule has 2 rings (SSSR count). The lowest BCUT2D eigenvalue weighted by Crippen LogP contribution is -2.07. The van der Waals surface area contributed by atoms with Gasteiger partial charge >= 0.3 is 0 Å². The summed E-state index contributed by atoms with van der Waals surface area (Å²) in [6, 6.07) is 9.78. The van der Waals surface area contributed by atoms with Crippen LogP contribution in [0.2, 0.25) is 0 Å². The zero-order valence-corrected chi connectivity index (χ0v) is 12.9. The van der Waals surface area contributed by atoms with Crippen molar-refractivity contribution in [2.45, 2.75) is 26.6 Å². The molecule has 1 aromatic heterocycles. The number of aromatic nitrogens is 2. The highest BCUT2D eigenvalue weighted by molar-refractivity contribution is 5.69. The van der Waals surface area contributed by atoms with Gasteiger partial charge in [-0.2, -0.15) is 0 Å². The van der Waals surface area contributed by atoms with Gasteiger partial charge in [-0.05, 0) is 26.0 Å². The molecule has 0 radical (unpaired) electrons. The fraction of sp³-hybridized carbons (Fsp3) is 0.375. The summed E-state index contributed by atoms with van der Waals surface area (Å²) < 4.78 is 11.0. The first-order valence-corrected chi connectivity index (χ1v) is 6.94. The standard InChI is InChI=1S/C16H21N3O2/c1-11(2)21-14-8-6-5-7-12(14)13-9-15(17-3)19-16(18-13)10-20-4/h5-9,11H,10H2,1-4H3,(H,17,18,19). The van der Waals surface area contributed by atoms with Crippen molar-refractivity contribution in [3.8, 4) is 17.0 Å². The molecule has 0 saturated carbocycles. The summed E-state index contributed by atoms with van der Waals surface area (Å²) in [4.78, 5) is 8.92. The van der Waals surface area contributed by atoms with Crippen molar-refractivity contribution in [2.75, 3.05) is 19.5 Å². The molecule has 0 spiro atoms. The topological polar surface area (TPSA) is 56.3 Å². The summed E-state index contributed by atoms with van der Waals surface area (Å²) in [5.41, 5.74) is 1.76. The third-order valence-corrected chi connectivity index (χ3v) is 2.83. The van der Waals surface area contributed by atoms with Crippen molar-refractivity contribution >= 4 is 5.82 Å². The molecule has 0 unspecified atom stereocenters. The summed E-state index contributed by atoms with van der Waals surface area (Å²) in [6.45, 7) is 4.38. The molecular formula is C16H21N3O2. The molecule has 112 valence electrons. The Labute approximate surface area is 125 Å². The fourth-order valence-corrected chi connectivity index (χ4v) is 1.99. The van der Waals surface area contributed by atoms with E-state index < -0.39 is 0 Å². The molecule has 0 aliphatic rings. The number of ether oxygens (including phenoxy) is 2. The fourth-order valence-electron chi connectivity index (χ4n) is 1.99. The molecule has 0 bridgehead atoms. The number of para-hydroxylation sites is 1. The number of anilines is 1. The van der Waals surface area contributed by atoms with Crippen molar-refractivity contribution < 1.29 is 9.47 Å². The Hall–Kier alpha value is -2.14. The van der Waals surface area contributed by atoms with Crippen LogP contribution in [0.4, 0.5) is 5.82 Å². The summed E-state index contributed by atoms with van der Waals surface area (Å²) in [5.74, 6) is 2.21. The van der Waals surface area contributed by atoms with Gasteiger partial charge in [-0.1, -0.05) is 12.1 Å². The highest BCUT2D eigenvalue weighted by Gasteiger charge is 2.11. The number of hydrogen-bond donors (Lipinski definition) is 1. The van der Waals surface area contributed by atoms with E-state index in [0.29, 0.717) is 12.4 Å². The molecule has 0 saturated heterocycles. The van der Waals surface area contributed by atoms with Crippen LogP contribution < -0.4 is 10.1 Å². The van der Waals surface area contributed by atoms with E-state index in [1.165, 1.54) is 0 Å². The number of nitrogens with zero attached hydrogens (tertiary/aromatic N) is 2. The predicted octanol–water partition coefficient (Wildman–Crippen LogP) is 3.12. The summed E-state index contributed by atoms with van der Waals surface area (Å²) >= 11 is 0. The van der Waals surface area contributed by atoms with Crippen molar-refractivity contribution in [1.29, 1.82) is 0 Å². The Morgan fingerprint density at radius 2 is 1.95 bits per heavy atom. The molecule has 0 aliphatic carbocycles. The van der Waals surface area contributed by atoms with Crippen molar-refractivity contribution in [1.82, 2.24) is 9.97 Å². The maximum Gasteiger partial charge on any atom is 0.157 e. The monoisotopic (exact) mass is 287 g/mol. The summed E-state index contributed by atoms with van der Waals surface area (Å²) in [7, 11) is 3.46. The molecular weight excluding hydrogens is 266 g/mol. The minimum absolute atomic E-state index is 0.107. The molecule has 1 N–H and O–H groups in total. The molecule has 0 amide bonds. The van der Waals surface area contributed by atoms with Gasteiger partial charge in [0.1, 0.15) is 18.2 Å². The molecule has 1 aromatic carbocycles. The van der Waals surface area contributed by atoms with E-state index in [0.717, 1.165) is 22.8 Å². The van der Waals surface area contributed by atoms with Crippen LogP contribution in [0.1, 0.15) is 19.7 Å². The first-order chi connectivity index (χ1) is 10.1. The average Bonchev–Trinajstić information content (AvgIpc) is 2.47. The third-order valence-electron chi connectivity index (χ3n) is 2.83. The molecule has 2 aromatic rings. The Morgan fingerprint density at radius 3 is 2.62 bits per heavy atom. The Morgan fingerprint density at radius 1 is 1.19 bits per heavy atom. The second kappa shape index (κ2) is 7.04. The Bertz CT molecular complexity index is 600. The van der Waals surface area contributed by atoms with Crippen LogP contribution in [-0.2, 0) is 11.3 Å². The molecule has 5 nitrogen and oxygen atoms in total. The highest BCUT2D eigenvalue weighted by atomic mass is 16.5. The SMILES string of the molecule is CNc1cc(-c2ccccc2OC(C)C)nc(COC)n1. The quantitative estimate of drug-likeness (QED) is 0.884. The van der Waals surface area contributed by atoms with Crippen molar-refractivity contribution in [3.05, 3.63) is 36.2 Å². The second-order valence-electron chi connectivity index (χ2n) is 4.90. The van der Waals surface area contributed by atoms with Crippen LogP contribution in [-0.4, -0.2) is 30.2 Å². The van der Waals surface area contributed by atoms with Crippen molar-refractivity contribution in [3.63, 3.8) is 0 Å². The minimum Gasteiger partial charge on any atom is -0.490 e. The number of hydrogen-bond acceptors (Lipinski definition) is 5. The Kier molecular flexibility index (Phi) is 5.11. The number of methoxy groups -OCH3 is 1. The Balaban J connectivity index is 2.47. The van der Waals surface area contributed by atoms with Crippen LogP contribution in [0.3, 0.4) is 0 Å². The van der Waals surface area contributed by atoms with Gasteiger partial charge in [-0.25, -0.2) is 9.97 Å². The smallest absolute Gasteiger partial charge is 0.157 e. The van der Waals surface area contributed by atoms with Crippen LogP contribution in [0.25, 0.3) is 11.3 Å². The molecule has 0 fully saturated rings. The zero-order chi connectivity index (χ0) is 15.2. The van der Waals surface area contributed by atoms with E-state index in [-0.39, 0.29) is 6.10 Å². The van der Waals surface area contributed by atoms with E-state index in [1.54, 1.807) is 7.11 Å². The van der Waals surface area contributed by atoms with Gasteiger partial charge in [-0.15, -0.1) is 0 Å². The number of benzene rings is 1. The van der Waals surface area contributed by atoms with E-state index in [1.807, 2.05) is 51.2 Å². The first kappa shape index (κ1) is 15.3. The summed E-state index contributed by atoms with van der Waals surface area (Å²) in [5, 5.41) is 3.05. The lowest BCUT2D eigenvalue weighted by molar-refractivity contribution is 0.178. The van der Waals surface area contributed by atoms with Gasteiger partial charge in [0.05, 0.1) is 11.8 Å². The maximum absolute atomic E-state index is 5.86. The van der Waals surface area contributed by atoms with Gasteiger partial charge < -0.3 is 14.8 Å². The molecule has 5 heteroatoms. The van der Waals surface area contributed by atoms with Gasteiger partial charge in [0.15, 0.2) is 5.82 Å².